The summed E-state index contributed by atoms with van der Waals surface area (Å²) in [5, 5.41) is 10.0. The molecule has 1 amide bonds. The highest BCUT2D eigenvalue weighted by molar-refractivity contribution is 7.17. The summed E-state index contributed by atoms with van der Waals surface area (Å²) < 4.78 is 11.1. The summed E-state index contributed by atoms with van der Waals surface area (Å²) >= 11 is 3.24. The van der Waals surface area contributed by atoms with Crippen LogP contribution in [-0.4, -0.2) is 22.7 Å². The van der Waals surface area contributed by atoms with E-state index in [4.69, 9.17) is 9.26 Å². The maximum absolute atomic E-state index is 13.5. The van der Waals surface area contributed by atoms with Gasteiger partial charge in [0.15, 0.2) is 5.82 Å². The molecule has 0 radical (unpaired) electrons. The molecule has 1 aliphatic carbocycles. The predicted molar refractivity (Wildman–Crippen MR) is 109 cm³/mol. The van der Waals surface area contributed by atoms with E-state index in [-0.39, 0.29) is 5.91 Å². The number of nitrogens with zero attached hydrogens (tertiary/aromatic N) is 2. The smallest absolute Gasteiger partial charge is 0.261 e. The number of fused-ring (bicyclic) bond motifs is 1. The van der Waals surface area contributed by atoms with Gasteiger partial charge in [-0.1, -0.05) is 24.1 Å². The lowest BCUT2D eigenvalue weighted by atomic mass is 9.83. The van der Waals surface area contributed by atoms with Gasteiger partial charge in [-0.25, -0.2) is 0 Å². The molecule has 6 nitrogen and oxygen atoms in total. The second-order valence-electron chi connectivity index (χ2n) is 7.38. The van der Waals surface area contributed by atoms with Gasteiger partial charge in [0.1, 0.15) is 5.00 Å². The lowest BCUT2D eigenvalue weighted by molar-refractivity contribution is -0.121. The van der Waals surface area contributed by atoms with Crippen LogP contribution in [0.4, 0.5) is 5.00 Å². The Morgan fingerprint density at radius 2 is 2.18 bits per heavy atom. The lowest BCUT2D eigenvalue weighted by Gasteiger charge is -2.26. The predicted octanol–water partition coefficient (Wildman–Crippen LogP) is 4.69. The van der Waals surface area contributed by atoms with E-state index in [1.165, 1.54) is 0 Å². The number of ether oxygens (including phenoxy) is 1. The molecule has 0 bridgehead atoms. The van der Waals surface area contributed by atoms with Crippen molar-refractivity contribution in [2.45, 2.75) is 51.0 Å². The van der Waals surface area contributed by atoms with Gasteiger partial charge >= 0.3 is 0 Å². The molecule has 8 heteroatoms. The molecule has 0 unspecified atom stereocenters. The van der Waals surface area contributed by atoms with E-state index in [0.29, 0.717) is 24.9 Å². The van der Waals surface area contributed by atoms with E-state index in [1.807, 2.05) is 6.07 Å². The van der Waals surface area contributed by atoms with Crippen molar-refractivity contribution in [3.63, 3.8) is 0 Å². The van der Waals surface area contributed by atoms with Crippen molar-refractivity contribution in [2.24, 2.45) is 0 Å². The van der Waals surface area contributed by atoms with E-state index >= 15 is 0 Å². The summed E-state index contributed by atoms with van der Waals surface area (Å²) in [6, 6.07) is 4.12. The largest absolute Gasteiger partial charge is 0.376 e. The molecule has 1 fully saturated rings. The molecule has 3 aromatic heterocycles. The zero-order chi connectivity index (χ0) is 19.1. The third-order valence-electron chi connectivity index (χ3n) is 5.67. The van der Waals surface area contributed by atoms with Crippen molar-refractivity contribution in [1.82, 2.24) is 10.1 Å². The van der Waals surface area contributed by atoms with E-state index < -0.39 is 5.41 Å². The average Bonchev–Trinajstić information content (AvgIpc) is 3.47. The molecule has 1 N–H and O–H groups in total. The van der Waals surface area contributed by atoms with E-state index in [1.54, 1.807) is 29.6 Å². The second kappa shape index (κ2) is 7.09. The summed E-state index contributed by atoms with van der Waals surface area (Å²) in [6.45, 7) is 3.03. The third-order valence-corrected chi connectivity index (χ3v) is 7.87. The first-order chi connectivity index (χ1) is 13.7. The number of rotatable bonds is 4. The van der Waals surface area contributed by atoms with Crippen LogP contribution in [0.15, 0.2) is 22.0 Å². The van der Waals surface area contributed by atoms with Crippen LogP contribution in [-0.2, 0) is 28.0 Å². The van der Waals surface area contributed by atoms with Crippen molar-refractivity contribution in [1.29, 1.82) is 0 Å². The van der Waals surface area contributed by atoms with Gasteiger partial charge in [-0.05, 0) is 43.2 Å². The molecule has 2 aliphatic rings. The molecular formula is C20H21N3O3S2. The van der Waals surface area contributed by atoms with Crippen LogP contribution in [0.25, 0.3) is 11.5 Å². The van der Waals surface area contributed by atoms with E-state index in [9.17, 15) is 4.79 Å². The molecule has 0 atom stereocenters. The minimum Gasteiger partial charge on any atom is -0.376 e. The van der Waals surface area contributed by atoms with Gasteiger partial charge < -0.3 is 14.6 Å². The Balaban J connectivity index is 1.55. The number of hydrogen-bond acceptors (Lipinski definition) is 7. The molecule has 146 valence electrons. The summed E-state index contributed by atoms with van der Waals surface area (Å²) in [4.78, 5) is 20.3. The first-order valence-electron chi connectivity index (χ1n) is 9.56. The Bertz CT molecular complexity index is 1000. The third kappa shape index (κ3) is 2.91. The molecule has 28 heavy (non-hydrogen) atoms. The lowest BCUT2D eigenvalue weighted by Crippen LogP contribution is -2.37. The quantitative estimate of drug-likeness (QED) is 0.669. The highest BCUT2D eigenvalue weighted by Crippen LogP contribution is 2.47. The topological polar surface area (TPSA) is 77.2 Å². The van der Waals surface area contributed by atoms with Gasteiger partial charge in [-0.2, -0.15) is 4.98 Å². The average molecular weight is 416 g/mol. The SMILES string of the molecule is Cc1noc(-c2c(NC(=O)C3(c4cccs4)CCCC3)sc3c2CCOC3)n1. The van der Waals surface area contributed by atoms with Gasteiger partial charge in [0, 0.05) is 9.75 Å². The van der Waals surface area contributed by atoms with Crippen LogP contribution in [0.2, 0.25) is 0 Å². The monoisotopic (exact) mass is 415 g/mol. The fraction of sp³-hybridized carbons (Fsp3) is 0.450. The highest BCUT2D eigenvalue weighted by Gasteiger charge is 2.44. The summed E-state index contributed by atoms with van der Waals surface area (Å²) in [5.74, 6) is 1.14. The highest BCUT2D eigenvalue weighted by atomic mass is 32.1. The first-order valence-corrected chi connectivity index (χ1v) is 11.3. The Hall–Kier alpha value is -2.03. The van der Waals surface area contributed by atoms with E-state index in [0.717, 1.165) is 58.0 Å². The summed E-state index contributed by atoms with van der Waals surface area (Å²) in [7, 11) is 0. The number of thiophene rings is 2. The van der Waals surface area contributed by atoms with Gasteiger partial charge in [0.05, 0.1) is 24.2 Å². The number of anilines is 1. The Morgan fingerprint density at radius 3 is 2.89 bits per heavy atom. The Labute approximate surface area is 170 Å². The van der Waals surface area contributed by atoms with Crippen LogP contribution < -0.4 is 5.32 Å². The van der Waals surface area contributed by atoms with E-state index in [2.05, 4.69) is 26.9 Å². The number of hydrogen-bond donors (Lipinski definition) is 1. The van der Waals surface area contributed by atoms with Crippen LogP contribution in [0.1, 0.15) is 46.8 Å². The summed E-state index contributed by atoms with van der Waals surface area (Å²) in [5.41, 5.74) is 1.60. The molecule has 0 saturated heterocycles. The van der Waals surface area contributed by atoms with Crippen LogP contribution in [0.3, 0.4) is 0 Å². The molecular weight excluding hydrogens is 394 g/mol. The number of amides is 1. The first kappa shape index (κ1) is 18.0. The van der Waals surface area contributed by atoms with Crippen molar-refractivity contribution >= 4 is 33.6 Å². The maximum Gasteiger partial charge on any atom is 0.261 e. The minimum atomic E-state index is -0.433. The number of nitrogens with one attached hydrogen (secondary N) is 1. The van der Waals surface area contributed by atoms with Crippen molar-refractivity contribution in [2.75, 3.05) is 11.9 Å². The standard InChI is InChI=1S/C20H21N3O3S2/c1-12-21-17(26-23-12)16-13-6-9-25-11-14(13)28-18(16)22-19(24)20(7-2-3-8-20)15-5-4-10-27-15/h4-5,10H,2-3,6-9,11H2,1H3,(H,22,24). The van der Waals surface area contributed by atoms with Crippen molar-refractivity contribution in [3.05, 3.63) is 38.7 Å². The van der Waals surface area contributed by atoms with Crippen molar-refractivity contribution < 1.29 is 14.1 Å². The number of carbonyl (C=O) groups is 1. The zero-order valence-corrected chi connectivity index (χ0v) is 17.3. The van der Waals surface area contributed by atoms with Gasteiger partial charge in [0.2, 0.25) is 5.91 Å². The van der Waals surface area contributed by atoms with Crippen LogP contribution >= 0.6 is 22.7 Å². The number of carbonyl (C=O) groups excluding carboxylic acids is 1. The molecule has 1 saturated carbocycles. The summed E-state index contributed by atoms with van der Waals surface area (Å²) in [6.07, 6.45) is 4.73. The number of aryl methyl sites for hydroxylation is 1. The minimum absolute atomic E-state index is 0.0736. The van der Waals surface area contributed by atoms with Gasteiger partial charge in [-0.15, -0.1) is 22.7 Å². The van der Waals surface area contributed by atoms with Crippen LogP contribution in [0.5, 0.6) is 0 Å². The fourth-order valence-electron chi connectivity index (χ4n) is 4.28. The Morgan fingerprint density at radius 1 is 1.32 bits per heavy atom. The Kier molecular flexibility index (Phi) is 4.57. The molecule has 3 aromatic rings. The normalized spacial score (nSPS) is 18.2. The molecule has 0 aromatic carbocycles. The van der Waals surface area contributed by atoms with Crippen LogP contribution in [0, 0.1) is 6.92 Å². The number of aromatic nitrogens is 2. The van der Waals surface area contributed by atoms with Gasteiger partial charge in [0.25, 0.3) is 5.89 Å². The molecule has 5 rings (SSSR count). The van der Waals surface area contributed by atoms with Gasteiger partial charge in [-0.3, -0.25) is 4.79 Å². The fourth-order valence-corrected chi connectivity index (χ4v) is 6.44. The maximum atomic E-state index is 13.5. The zero-order valence-electron chi connectivity index (χ0n) is 15.6. The molecule has 0 spiro atoms. The molecule has 1 aliphatic heterocycles. The molecule has 4 heterocycles. The second-order valence-corrected chi connectivity index (χ2v) is 9.43. The van der Waals surface area contributed by atoms with Crippen molar-refractivity contribution in [3.8, 4) is 11.5 Å².